The van der Waals surface area contributed by atoms with E-state index in [1.54, 1.807) is 0 Å². The normalized spacial score (nSPS) is 10.4. The van der Waals surface area contributed by atoms with E-state index in [1.807, 2.05) is 24.3 Å². The molecule has 0 spiro atoms. The fourth-order valence-electron chi connectivity index (χ4n) is 1.25. The number of pyridine rings is 1. The molecule has 1 aromatic carbocycles. The highest BCUT2D eigenvalue weighted by Gasteiger charge is 1.93. The van der Waals surface area contributed by atoms with E-state index in [9.17, 15) is 0 Å². The summed E-state index contributed by atoms with van der Waals surface area (Å²) in [4.78, 5) is 4.43. The van der Waals surface area contributed by atoms with Gasteiger partial charge in [0.2, 0.25) is 0 Å². The number of hydrogen-bond donors (Lipinski definition) is 0. The van der Waals surface area contributed by atoms with Gasteiger partial charge in [0.15, 0.2) is 0 Å². The van der Waals surface area contributed by atoms with Crippen molar-refractivity contribution >= 4 is 10.9 Å². The van der Waals surface area contributed by atoms with Gasteiger partial charge in [0, 0.05) is 11.1 Å². The number of rotatable bonds is 1. The number of fused-ring (bicyclic) bond motifs is 1. The molecule has 0 fully saturated rings. The summed E-state index contributed by atoms with van der Waals surface area (Å²) in [6, 6.07) is 12.2. The molecule has 1 nitrogen and oxygen atoms in total. The molecule has 0 aliphatic carbocycles. The molecule has 0 saturated heterocycles. The monoisotopic (exact) mass is 156 g/mol. The smallest absolute Gasteiger partial charge is 0.0705 e. The van der Waals surface area contributed by atoms with E-state index in [4.69, 9.17) is 0 Å². The molecule has 0 N–H and O–H groups in total. The maximum atomic E-state index is 4.43. The molecule has 0 aliphatic heterocycles. The van der Waals surface area contributed by atoms with Crippen LogP contribution in [0.4, 0.5) is 0 Å². The van der Waals surface area contributed by atoms with E-state index in [0.29, 0.717) is 0 Å². The van der Waals surface area contributed by atoms with Crippen LogP contribution in [0.1, 0.15) is 5.69 Å². The van der Waals surface area contributed by atoms with Crippen LogP contribution < -0.4 is 0 Å². The van der Waals surface area contributed by atoms with Crippen molar-refractivity contribution in [1.82, 2.24) is 4.98 Å². The molecule has 1 heteroatoms. The van der Waals surface area contributed by atoms with Crippen LogP contribution in [0.3, 0.4) is 0 Å². The molecule has 0 atom stereocenters. The summed E-state index contributed by atoms with van der Waals surface area (Å²) in [6.07, 6.45) is 0.755. The summed E-state index contributed by atoms with van der Waals surface area (Å²) in [6.45, 7) is 3.80. The van der Waals surface area contributed by atoms with Gasteiger partial charge < -0.3 is 0 Å². The summed E-state index contributed by atoms with van der Waals surface area (Å²) in [5, 5.41) is 1.19. The zero-order valence-corrected chi connectivity index (χ0v) is 6.83. The largest absolute Gasteiger partial charge is 0.253 e. The van der Waals surface area contributed by atoms with Crippen molar-refractivity contribution in [3.05, 3.63) is 49.0 Å². The Bertz CT molecular complexity index is 393. The second-order valence-electron chi connectivity index (χ2n) is 2.75. The minimum atomic E-state index is 0.755. The molecular formula is C11H10N. The molecule has 0 unspecified atom stereocenters. The van der Waals surface area contributed by atoms with Crippen molar-refractivity contribution in [3.63, 3.8) is 0 Å². The lowest BCUT2D eigenvalue weighted by Crippen LogP contribution is -1.86. The summed E-state index contributed by atoms with van der Waals surface area (Å²) in [5.74, 6) is 0. The summed E-state index contributed by atoms with van der Waals surface area (Å²) >= 11 is 0. The maximum Gasteiger partial charge on any atom is 0.0705 e. The van der Waals surface area contributed by atoms with Gasteiger partial charge in [-0.1, -0.05) is 24.3 Å². The van der Waals surface area contributed by atoms with Crippen LogP contribution in [0.15, 0.2) is 36.4 Å². The Balaban J connectivity index is 2.67. The van der Waals surface area contributed by atoms with E-state index in [0.717, 1.165) is 17.6 Å². The van der Waals surface area contributed by atoms with Gasteiger partial charge in [0.1, 0.15) is 0 Å². The Morgan fingerprint density at radius 3 is 2.75 bits per heavy atom. The summed E-state index contributed by atoms with van der Waals surface area (Å²) in [5.41, 5.74) is 2.10. The molecular weight excluding hydrogens is 146 g/mol. The zero-order valence-electron chi connectivity index (χ0n) is 6.83. The van der Waals surface area contributed by atoms with E-state index in [-0.39, 0.29) is 0 Å². The Labute approximate surface area is 72.1 Å². The van der Waals surface area contributed by atoms with Gasteiger partial charge in [-0.25, -0.2) is 0 Å². The second kappa shape index (κ2) is 2.94. The van der Waals surface area contributed by atoms with E-state index >= 15 is 0 Å². The lowest BCUT2D eigenvalue weighted by atomic mass is 10.2. The average molecular weight is 156 g/mol. The number of hydrogen-bond acceptors (Lipinski definition) is 1. The number of aromatic nitrogens is 1. The number of nitrogens with zero attached hydrogens (tertiary/aromatic N) is 1. The van der Waals surface area contributed by atoms with Crippen LogP contribution in [-0.2, 0) is 6.42 Å². The van der Waals surface area contributed by atoms with Crippen LogP contribution in [0.5, 0.6) is 0 Å². The lowest BCUT2D eigenvalue weighted by molar-refractivity contribution is 1.14. The van der Waals surface area contributed by atoms with Crippen LogP contribution in [0, 0.1) is 6.92 Å². The molecule has 0 amide bonds. The van der Waals surface area contributed by atoms with E-state index in [1.165, 1.54) is 5.39 Å². The van der Waals surface area contributed by atoms with Crippen molar-refractivity contribution in [2.24, 2.45) is 0 Å². The summed E-state index contributed by atoms with van der Waals surface area (Å²) < 4.78 is 0. The quantitative estimate of drug-likeness (QED) is 0.618. The first kappa shape index (κ1) is 7.29. The highest BCUT2D eigenvalue weighted by atomic mass is 14.7. The van der Waals surface area contributed by atoms with E-state index < -0.39 is 0 Å². The van der Waals surface area contributed by atoms with Crippen LogP contribution in [0.25, 0.3) is 10.9 Å². The average Bonchev–Trinajstić information content (AvgIpc) is 2.17. The Morgan fingerprint density at radius 1 is 1.08 bits per heavy atom. The molecule has 2 aromatic rings. The molecule has 1 heterocycles. The third-order valence-corrected chi connectivity index (χ3v) is 1.91. The van der Waals surface area contributed by atoms with Gasteiger partial charge in [-0.2, -0.15) is 0 Å². The van der Waals surface area contributed by atoms with Gasteiger partial charge in [-0.3, -0.25) is 4.98 Å². The number of benzene rings is 1. The third-order valence-electron chi connectivity index (χ3n) is 1.91. The highest BCUT2D eigenvalue weighted by molar-refractivity contribution is 5.78. The first-order chi connectivity index (χ1) is 5.90. The summed E-state index contributed by atoms with van der Waals surface area (Å²) in [7, 11) is 0. The highest BCUT2D eigenvalue weighted by Crippen LogP contribution is 2.11. The predicted octanol–water partition coefficient (Wildman–Crippen LogP) is 2.61. The first-order valence-corrected chi connectivity index (χ1v) is 4.04. The van der Waals surface area contributed by atoms with Crippen LogP contribution in [-0.4, -0.2) is 4.98 Å². The zero-order chi connectivity index (χ0) is 8.39. The standard InChI is InChI=1S/C11H10N/c1-2-10-8-7-9-5-3-4-6-11(9)12-10/h3-8H,1-2H2. The molecule has 0 saturated carbocycles. The van der Waals surface area contributed by atoms with Gasteiger partial charge in [-0.05, 0) is 25.5 Å². The predicted molar refractivity (Wildman–Crippen MR) is 50.8 cm³/mol. The van der Waals surface area contributed by atoms with Gasteiger partial charge >= 0.3 is 0 Å². The number of para-hydroxylation sites is 1. The molecule has 0 bridgehead atoms. The molecule has 1 radical (unpaired) electrons. The fraction of sp³-hybridized carbons (Fsp3) is 0.0909. The minimum Gasteiger partial charge on any atom is -0.253 e. The van der Waals surface area contributed by atoms with Gasteiger partial charge in [0.05, 0.1) is 5.52 Å². The molecule has 12 heavy (non-hydrogen) atoms. The van der Waals surface area contributed by atoms with Crippen LogP contribution >= 0.6 is 0 Å². The van der Waals surface area contributed by atoms with Crippen molar-refractivity contribution in [2.75, 3.05) is 0 Å². The van der Waals surface area contributed by atoms with E-state index in [2.05, 4.69) is 24.0 Å². The Hall–Kier alpha value is -1.37. The fourth-order valence-corrected chi connectivity index (χ4v) is 1.25. The van der Waals surface area contributed by atoms with Gasteiger partial charge in [-0.15, -0.1) is 0 Å². The first-order valence-electron chi connectivity index (χ1n) is 4.04. The third kappa shape index (κ3) is 1.18. The van der Waals surface area contributed by atoms with Crippen molar-refractivity contribution in [2.45, 2.75) is 6.42 Å². The van der Waals surface area contributed by atoms with Crippen LogP contribution in [0.2, 0.25) is 0 Å². The Kier molecular flexibility index (Phi) is 1.78. The minimum absolute atomic E-state index is 0.755. The molecule has 2 rings (SSSR count). The molecule has 1 aromatic heterocycles. The maximum absolute atomic E-state index is 4.43. The Morgan fingerprint density at radius 2 is 1.92 bits per heavy atom. The topological polar surface area (TPSA) is 12.9 Å². The molecule has 59 valence electrons. The van der Waals surface area contributed by atoms with Crippen molar-refractivity contribution < 1.29 is 0 Å². The van der Waals surface area contributed by atoms with Gasteiger partial charge in [0.25, 0.3) is 0 Å². The lowest BCUT2D eigenvalue weighted by Gasteiger charge is -1.98. The second-order valence-corrected chi connectivity index (χ2v) is 2.75. The molecule has 0 aliphatic rings. The SMILES string of the molecule is [CH2]Cc1ccc2ccccc2n1. The van der Waals surface area contributed by atoms with Crippen molar-refractivity contribution in [1.29, 1.82) is 0 Å². The van der Waals surface area contributed by atoms with Crippen molar-refractivity contribution in [3.8, 4) is 0 Å².